The van der Waals surface area contributed by atoms with Gasteiger partial charge in [-0.1, -0.05) is 24.6 Å². The zero-order valence-electron chi connectivity index (χ0n) is 13.3. The van der Waals surface area contributed by atoms with E-state index in [2.05, 4.69) is 15.4 Å². The molecule has 1 fully saturated rings. The topological polar surface area (TPSA) is 85.8 Å². The molecular weight excluding hydrogens is 349 g/mol. The minimum Gasteiger partial charge on any atom is -0.330 e. The molecule has 24 heavy (non-hydrogen) atoms. The van der Waals surface area contributed by atoms with Gasteiger partial charge in [-0.3, -0.25) is 4.79 Å². The highest BCUT2D eigenvalue weighted by Gasteiger charge is 2.32. The number of hydrogen-bond acceptors (Lipinski definition) is 4. The second-order valence-electron chi connectivity index (χ2n) is 5.77. The number of nitrogens with zero attached hydrogens (tertiary/aromatic N) is 3. The van der Waals surface area contributed by atoms with Crippen LogP contribution >= 0.6 is 24.8 Å². The van der Waals surface area contributed by atoms with E-state index in [1.54, 1.807) is 11.0 Å². The number of rotatable bonds is 5. The van der Waals surface area contributed by atoms with Gasteiger partial charge in [0.25, 0.3) is 0 Å². The molecule has 1 heterocycles. The van der Waals surface area contributed by atoms with Crippen molar-refractivity contribution in [2.45, 2.75) is 25.8 Å². The molecule has 1 aliphatic carbocycles. The molecule has 6 nitrogen and oxygen atoms in total. The van der Waals surface area contributed by atoms with Gasteiger partial charge in [-0.2, -0.15) is 5.10 Å². The lowest BCUT2D eigenvalue weighted by molar-refractivity contribution is -0.120. The van der Waals surface area contributed by atoms with Gasteiger partial charge in [0.2, 0.25) is 5.91 Å². The number of nitrogens with two attached hydrogens (primary N) is 1. The summed E-state index contributed by atoms with van der Waals surface area (Å²) < 4.78 is 1.74. The molecule has 1 aliphatic rings. The van der Waals surface area contributed by atoms with Gasteiger partial charge in [0.15, 0.2) is 0 Å². The molecule has 2 aromatic rings. The van der Waals surface area contributed by atoms with Gasteiger partial charge >= 0.3 is 0 Å². The highest BCUT2D eigenvalue weighted by atomic mass is 35.5. The molecule has 0 saturated heterocycles. The van der Waals surface area contributed by atoms with E-state index >= 15 is 0 Å². The maximum atomic E-state index is 12.5. The molecule has 0 unspecified atom stereocenters. The third-order valence-electron chi connectivity index (χ3n) is 4.37. The minimum atomic E-state index is 0. The number of anilines is 1. The molecule has 0 bridgehead atoms. The molecule has 1 saturated carbocycles. The standard InChI is InChI=1S/C16H21N5O.2ClH/c17-8-12-5-3-6-14(12)16(22)20-15-7-2-1-4-13(15)9-21-11-18-10-19-21;;/h1-2,4,7,10-12,14H,3,5-6,8-9,17H2,(H,20,22);2*1H/t12-,14-;;/m1../s1. The smallest absolute Gasteiger partial charge is 0.227 e. The van der Waals surface area contributed by atoms with E-state index in [-0.39, 0.29) is 36.6 Å². The summed E-state index contributed by atoms with van der Waals surface area (Å²) >= 11 is 0. The van der Waals surface area contributed by atoms with Crippen LogP contribution in [0.2, 0.25) is 0 Å². The fraction of sp³-hybridized carbons (Fsp3) is 0.438. The summed E-state index contributed by atoms with van der Waals surface area (Å²) in [5.41, 5.74) is 7.63. The molecular formula is C16H23Cl2N5O. The van der Waals surface area contributed by atoms with Gasteiger partial charge < -0.3 is 11.1 Å². The first-order valence-corrected chi connectivity index (χ1v) is 7.69. The third-order valence-corrected chi connectivity index (χ3v) is 4.37. The van der Waals surface area contributed by atoms with Crippen LogP contribution in [0.4, 0.5) is 5.69 Å². The van der Waals surface area contributed by atoms with E-state index in [1.807, 2.05) is 24.3 Å². The lowest BCUT2D eigenvalue weighted by Crippen LogP contribution is -2.30. The van der Waals surface area contributed by atoms with Crippen LogP contribution in [0.5, 0.6) is 0 Å². The summed E-state index contributed by atoms with van der Waals surface area (Å²) in [5.74, 6) is 0.422. The van der Waals surface area contributed by atoms with Crippen LogP contribution in [0.1, 0.15) is 24.8 Å². The number of nitrogens with one attached hydrogen (secondary N) is 1. The van der Waals surface area contributed by atoms with E-state index in [4.69, 9.17) is 5.73 Å². The molecule has 1 aromatic carbocycles. The van der Waals surface area contributed by atoms with Gasteiger partial charge in [-0.05, 0) is 36.9 Å². The number of hydrogen-bond donors (Lipinski definition) is 2. The van der Waals surface area contributed by atoms with Gasteiger partial charge in [0.05, 0.1) is 6.54 Å². The fourth-order valence-corrected chi connectivity index (χ4v) is 3.16. The molecule has 8 heteroatoms. The Morgan fingerprint density at radius 3 is 2.79 bits per heavy atom. The lowest BCUT2D eigenvalue weighted by Gasteiger charge is -2.18. The predicted molar refractivity (Wildman–Crippen MR) is 98.6 cm³/mol. The van der Waals surface area contributed by atoms with Gasteiger partial charge in [0, 0.05) is 11.6 Å². The van der Waals surface area contributed by atoms with Crippen molar-refractivity contribution in [2.75, 3.05) is 11.9 Å². The van der Waals surface area contributed by atoms with E-state index in [0.717, 1.165) is 30.5 Å². The fourth-order valence-electron chi connectivity index (χ4n) is 3.16. The zero-order chi connectivity index (χ0) is 15.4. The van der Waals surface area contributed by atoms with Gasteiger partial charge in [-0.15, -0.1) is 24.8 Å². The molecule has 2 atom stereocenters. The maximum Gasteiger partial charge on any atom is 0.227 e. The van der Waals surface area contributed by atoms with Crippen molar-refractivity contribution >= 4 is 36.4 Å². The summed E-state index contributed by atoms with van der Waals surface area (Å²) in [6.45, 7) is 1.17. The number of aromatic nitrogens is 3. The Bertz CT molecular complexity index is 635. The monoisotopic (exact) mass is 371 g/mol. The van der Waals surface area contributed by atoms with E-state index < -0.39 is 0 Å². The number of benzene rings is 1. The number of carbonyl (C=O) groups is 1. The molecule has 3 N–H and O–H groups in total. The number of para-hydroxylation sites is 1. The average molecular weight is 372 g/mol. The van der Waals surface area contributed by atoms with Crippen LogP contribution in [0.15, 0.2) is 36.9 Å². The molecule has 3 rings (SSSR count). The summed E-state index contributed by atoms with van der Waals surface area (Å²) in [4.78, 5) is 16.5. The Morgan fingerprint density at radius 1 is 1.29 bits per heavy atom. The van der Waals surface area contributed by atoms with Gasteiger partial charge in [0.1, 0.15) is 12.7 Å². The Kier molecular flexibility index (Phi) is 8.18. The van der Waals surface area contributed by atoms with Crippen molar-refractivity contribution in [3.8, 4) is 0 Å². The van der Waals surface area contributed by atoms with E-state index in [1.165, 1.54) is 6.33 Å². The van der Waals surface area contributed by atoms with Crippen LogP contribution in [0, 0.1) is 11.8 Å². The lowest BCUT2D eigenvalue weighted by atomic mass is 9.95. The van der Waals surface area contributed by atoms with Crippen molar-refractivity contribution in [3.05, 3.63) is 42.5 Å². The molecule has 1 aromatic heterocycles. The Hall–Kier alpha value is -1.63. The summed E-state index contributed by atoms with van der Waals surface area (Å²) in [6, 6.07) is 7.80. The molecule has 0 aliphatic heterocycles. The van der Waals surface area contributed by atoms with Crippen molar-refractivity contribution in [1.29, 1.82) is 0 Å². The SMILES string of the molecule is Cl.Cl.NC[C@H]1CCC[C@H]1C(=O)Nc1ccccc1Cn1cncn1. The van der Waals surface area contributed by atoms with E-state index in [9.17, 15) is 4.79 Å². The summed E-state index contributed by atoms with van der Waals surface area (Å²) in [7, 11) is 0. The zero-order valence-corrected chi connectivity index (χ0v) is 14.9. The number of halogens is 2. The molecule has 0 spiro atoms. The van der Waals surface area contributed by atoms with Crippen LogP contribution in [0.25, 0.3) is 0 Å². The third kappa shape index (κ3) is 4.69. The molecule has 1 amide bonds. The quantitative estimate of drug-likeness (QED) is 0.844. The van der Waals surface area contributed by atoms with Crippen molar-refractivity contribution < 1.29 is 4.79 Å². The highest BCUT2D eigenvalue weighted by molar-refractivity contribution is 5.93. The Balaban J connectivity index is 0.00000144. The highest BCUT2D eigenvalue weighted by Crippen LogP contribution is 2.32. The number of amides is 1. The van der Waals surface area contributed by atoms with Crippen molar-refractivity contribution in [3.63, 3.8) is 0 Å². The first kappa shape index (κ1) is 20.4. The molecule has 0 radical (unpaired) electrons. The van der Waals surface area contributed by atoms with Gasteiger partial charge in [-0.25, -0.2) is 9.67 Å². The predicted octanol–water partition coefficient (Wildman–Crippen LogP) is 2.48. The Labute approximate surface area is 154 Å². The maximum absolute atomic E-state index is 12.5. The first-order valence-electron chi connectivity index (χ1n) is 7.69. The Morgan fingerprint density at radius 2 is 2.08 bits per heavy atom. The van der Waals surface area contributed by atoms with Crippen LogP contribution in [-0.2, 0) is 11.3 Å². The first-order chi connectivity index (χ1) is 10.8. The normalized spacial score (nSPS) is 19.2. The number of carbonyl (C=O) groups excluding carboxylic acids is 1. The molecule has 132 valence electrons. The van der Waals surface area contributed by atoms with Crippen molar-refractivity contribution in [2.24, 2.45) is 17.6 Å². The largest absolute Gasteiger partial charge is 0.330 e. The minimum absolute atomic E-state index is 0. The second-order valence-corrected chi connectivity index (χ2v) is 5.77. The summed E-state index contributed by atoms with van der Waals surface area (Å²) in [5, 5.41) is 7.18. The second kappa shape index (κ2) is 9.61. The summed E-state index contributed by atoms with van der Waals surface area (Å²) in [6.07, 6.45) is 6.24. The van der Waals surface area contributed by atoms with Crippen LogP contribution in [0.3, 0.4) is 0 Å². The van der Waals surface area contributed by atoms with Crippen LogP contribution in [-0.4, -0.2) is 27.2 Å². The van der Waals surface area contributed by atoms with Crippen LogP contribution < -0.4 is 11.1 Å². The van der Waals surface area contributed by atoms with Crippen molar-refractivity contribution in [1.82, 2.24) is 14.8 Å². The average Bonchev–Trinajstić information content (AvgIpc) is 3.20. The van der Waals surface area contributed by atoms with E-state index in [0.29, 0.717) is 19.0 Å².